The van der Waals surface area contributed by atoms with Crippen LogP contribution in [0.3, 0.4) is 0 Å². The topological polar surface area (TPSA) is 102 Å². The van der Waals surface area contributed by atoms with E-state index >= 15 is 0 Å². The first-order valence-corrected chi connectivity index (χ1v) is 9.79. The van der Waals surface area contributed by atoms with Gasteiger partial charge in [0.25, 0.3) is 5.91 Å². The third-order valence-electron chi connectivity index (χ3n) is 4.57. The fourth-order valence-corrected chi connectivity index (χ4v) is 3.80. The number of thiazole rings is 1. The lowest BCUT2D eigenvalue weighted by molar-refractivity contribution is 0.102. The van der Waals surface area contributed by atoms with Crippen LogP contribution >= 0.6 is 11.3 Å². The average molecular weight is 416 g/mol. The van der Waals surface area contributed by atoms with Crippen LogP contribution in [0.5, 0.6) is 0 Å². The second kappa shape index (κ2) is 7.09. The first kappa shape index (κ1) is 18.0. The lowest BCUT2D eigenvalue weighted by atomic mass is 10.1. The van der Waals surface area contributed by atoms with Gasteiger partial charge in [-0.2, -0.15) is 0 Å². The van der Waals surface area contributed by atoms with Gasteiger partial charge in [0.15, 0.2) is 5.13 Å². The molecule has 2 aromatic carbocycles. The lowest BCUT2D eigenvalue weighted by Crippen LogP contribution is -2.21. The van der Waals surface area contributed by atoms with Gasteiger partial charge in [-0.1, -0.05) is 30.3 Å². The molecule has 5 rings (SSSR count). The molecule has 0 aliphatic rings. The molecule has 3 aromatic heterocycles. The molecule has 0 unspecified atom stereocenters. The van der Waals surface area contributed by atoms with Gasteiger partial charge in [0.05, 0.1) is 16.6 Å². The number of amides is 1. The predicted octanol–water partition coefficient (Wildman–Crippen LogP) is 4.28. The summed E-state index contributed by atoms with van der Waals surface area (Å²) in [5.74, 6) is -0.638. The van der Waals surface area contributed by atoms with E-state index in [1.165, 1.54) is 0 Å². The molecular weight excluding hydrogens is 404 g/mol. The average Bonchev–Trinajstić information content (AvgIpc) is 3.21. The van der Waals surface area contributed by atoms with Gasteiger partial charge in [-0.25, -0.2) is 9.78 Å². The summed E-state index contributed by atoms with van der Waals surface area (Å²) < 4.78 is 10.7. The van der Waals surface area contributed by atoms with Gasteiger partial charge < -0.3 is 8.83 Å². The predicted molar refractivity (Wildman–Crippen MR) is 114 cm³/mol. The summed E-state index contributed by atoms with van der Waals surface area (Å²) in [5, 5.41) is 5.55. The van der Waals surface area contributed by atoms with Crippen LogP contribution in [0.15, 0.2) is 84.7 Å². The highest BCUT2D eigenvalue weighted by Crippen LogP contribution is 2.25. The largest absolute Gasteiger partial charge is 0.463 e. The Kier molecular flexibility index (Phi) is 4.26. The maximum Gasteiger partial charge on any atom is 0.345 e. The third kappa shape index (κ3) is 3.09. The molecule has 1 amide bonds. The van der Waals surface area contributed by atoms with Gasteiger partial charge >= 0.3 is 5.63 Å². The molecule has 7 nitrogen and oxygen atoms in total. The van der Waals surface area contributed by atoms with Crippen molar-refractivity contribution >= 4 is 44.3 Å². The maximum atomic E-state index is 12.6. The summed E-state index contributed by atoms with van der Waals surface area (Å²) >= 11 is 1.13. The summed E-state index contributed by atoms with van der Waals surface area (Å²) in [6.07, 6.45) is 1.13. The number of hydrogen-bond acceptors (Lipinski definition) is 7. The number of nitrogens with one attached hydrogen (secondary N) is 1. The molecule has 0 aliphatic heterocycles. The highest BCUT2D eigenvalue weighted by molar-refractivity contribution is 7.14. The molecule has 0 saturated carbocycles. The fourth-order valence-electron chi connectivity index (χ4n) is 3.09. The molecule has 0 bridgehead atoms. The van der Waals surface area contributed by atoms with Gasteiger partial charge in [0, 0.05) is 10.8 Å². The first-order chi connectivity index (χ1) is 14.6. The van der Waals surface area contributed by atoms with Gasteiger partial charge in [-0.3, -0.25) is 14.9 Å². The smallest absolute Gasteiger partial charge is 0.345 e. The van der Waals surface area contributed by atoms with E-state index < -0.39 is 17.0 Å². The highest BCUT2D eigenvalue weighted by atomic mass is 32.1. The number of benzene rings is 2. The molecule has 0 aliphatic carbocycles. The number of carbonyl (C=O) groups excluding carboxylic acids is 1. The van der Waals surface area contributed by atoms with E-state index in [9.17, 15) is 14.4 Å². The second-order valence-electron chi connectivity index (χ2n) is 6.45. The second-order valence-corrected chi connectivity index (χ2v) is 7.31. The first-order valence-electron chi connectivity index (χ1n) is 8.91. The molecule has 146 valence electrons. The number of anilines is 1. The van der Waals surface area contributed by atoms with Crippen molar-refractivity contribution in [3.8, 4) is 11.3 Å². The van der Waals surface area contributed by atoms with E-state index in [0.717, 1.165) is 23.0 Å². The monoisotopic (exact) mass is 416 g/mol. The molecule has 0 saturated heterocycles. The Morgan fingerprint density at radius 2 is 1.77 bits per heavy atom. The Balaban J connectivity index is 1.46. The zero-order valence-electron chi connectivity index (χ0n) is 15.2. The van der Waals surface area contributed by atoms with E-state index in [1.54, 1.807) is 47.8 Å². The number of para-hydroxylation sites is 2. The zero-order valence-corrected chi connectivity index (χ0v) is 16.1. The number of nitrogens with zero attached hydrogens (tertiary/aromatic N) is 1. The summed E-state index contributed by atoms with van der Waals surface area (Å²) in [6.45, 7) is 0. The van der Waals surface area contributed by atoms with Crippen molar-refractivity contribution < 1.29 is 13.6 Å². The number of hydrogen-bond donors (Lipinski definition) is 1. The summed E-state index contributed by atoms with van der Waals surface area (Å²) in [7, 11) is 0. The highest BCUT2D eigenvalue weighted by Gasteiger charge is 2.17. The van der Waals surface area contributed by atoms with Crippen molar-refractivity contribution in [1.82, 2.24) is 4.98 Å². The van der Waals surface area contributed by atoms with Crippen LogP contribution in [0.25, 0.3) is 33.2 Å². The van der Waals surface area contributed by atoms with Gasteiger partial charge in [-0.05, 0) is 24.3 Å². The zero-order chi connectivity index (χ0) is 20.7. The van der Waals surface area contributed by atoms with Crippen LogP contribution in [0.4, 0.5) is 5.13 Å². The Hall–Kier alpha value is -4.04. The molecule has 0 atom stereocenters. The van der Waals surface area contributed by atoms with Crippen LogP contribution in [0.2, 0.25) is 0 Å². The van der Waals surface area contributed by atoms with Gasteiger partial charge in [-0.15, -0.1) is 11.3 Å². The molecular formula is C22H12N2O5S. The standard InChI is InChI=1S/C22H12N2O5S/c25-19-13-6-2-4-8-18(13)28-10-15(19)20(26)24-22-23-16(11-30-22)14-9-12-5-1-3-7-17(12)29-21(14)27/h1-11H,(H,23,24,26). The molecule has 3 heterocycles. The van der Waals surface area contributed by atoms with E-state index in [-0.39, 0.29) is 16.3 Å². The minimum atomic E-state index is -0.638. The maximum absolute atomic E-state index is 12.6. The van der Waals surface area contributed by atoms with Gasteiger partial charge in [0.2, 0.25) is 5.43 Å². The molecule has 0 fully saturated rings. The minimum Gasteiger partial charge on any atom is -0.463 e. The Labute approximate surface area is 172 Å². The molecule has 5 aromatic rings. The van der Waals surface area contributed by atoms with E-state index in [4.69, 9.17) is 8.83 Å². The normalized spacial score (nSPS) is 11.1. The SMILES string of the molecule is O=C(Nc1nc(-c2cc3ccccc3oc2=O)cs1)c1coc2ccccc2c1=O. The Morgan fingerprint density at radius 3 is 2.63 bits per heavy atom. The van der Waals surface area contributed by atoms with Crippen molar-refractivity contribution in [2.24, 2.45) is 0 Å². The minimum absolute atomic E-state index is 0.129. The molecule has 1 N–H and O–H groups in total. The van der Waals surface area contributed by atoms with E-state index in [1.807, 2.05) is 12.1 Å². The van der Waals surface area contributed by atoms with Crippen molar-refractivity contribution in [2.75, 3.05) is 5.32 Å². The number of aromatic nitrogens is 1. The van der Waals surface area contributed by atoms with Crippen molar-refractivity contribution in [1.29, 1.82) is 0 Å². The summed E-state index contributed by atoms with van der Waals surface area (Å²) in [5.41, 5.74) is 0.469. The third-order valence-corrected chi connectivity index (χ3v) is 5.32. The van der Waals surface area contributed by atoms with Crippen LogP contribution in [-0.4, -0.2) is 10.9 Å². The number of carbonyl (C=O) groups is 1. The van der Waals surface area contributed by atoms with Crippen molar-refractivity contribution in [2.45, 2.75) is 0 Å². The number of fused-ring (bicyclic) bond motifs is 2. The van der Waals surface area contributed by atoms with Crippen LogP contribution in [0, 0.1) is 0 Å². The van der Waals surface area contributed by atoms with Crippen LogP contribution < -0.4 is 16.4 Å². The Bertz CT molecular complexity index is 1550. The molecule has 0 radical (unpaired) electrons. The van der Waals surface area contributed by atoms with Crippen LogP contribution in [0.1, 0.15) is 10.4 Å². The van der Waals surface area contributed by atoms with E-state index in [0.29, 0.717) is 22.2 Å². The quantitative estimate of drug-likeness (QED) is 0.441. The fraction of sp³-hybridized carbons (Fsp3) is 0. The lowest BCUT2D eigenvalue weighted by Gasteiger charge is -2.02. The van der Waals surface area contributed by atoms with Crippen LogP contribution in [-0.2, 0) is 0 Å². The van der Waals surface area contributed by atoms with Crippen molar-refractivity contribution in [3.05, 3.63) is 92.4 Å². The summed E-state index contributed by atoms with van der Waals surface area (Å²) in [4.78, 5) is 41.8. The van der Waals surface area contributed by atoms with Gasteiger partial charge in [0.1, 0.15) is 23.0 Å². The molecule has 8 heteroatoms. The Morgan fingerprint density at radius 1 is 1.00 bits per heavy atom. The molecule has 30 heavy (non-hydrogen) atoms. The summed E-state index contributed by atoms with van der Waals surface area (Å²) in [6, 6.07) is 15.5. The van der Waals surface area contributed by atoms with Crippen molar-refractivity contribution in [3.63, 3.8) is 0 Å². The van der Waals surface area contributed by atoms with E-state index in [2.05, 4.69) is 10.3 Å². The molecule has 0 spiro atoms. The number of rotatable bonds is 3.